The number of halogens is 1. The van der Waals surface area contributed by atoms with Gasteiger partial charge in [-0.2, -0.15) is 5.10 Å². The van der Waals surface area contributed by atoms with Crippen LogP contribution in [0.5, 0.6) is 5.75 Å². The lowest BCUT2D eigenvalue weighted by molar-refractivity contribution is 0.0955. The second-order valence-electron chi connectivity index (χ2n) is 5.14. The Labute approximate surface area is 149 Å². The van der Waals surface area contributed by atoms with Crippen molar-refractivity contribution >= 4 is 23.7 Å². The zero-order valence-electron chi connectivity index (χ0n) is 13.4. The number of hydrogen-bond acceptors (Lipinski definition) is 4. The van der Waals surface area contributed by atoms with Crippen molar-refractivity contribution in [2.75, 3.05) is 7.11 Å². The SMILES string of the molecule is COc1ccc(C(=O)NN=Cc2ccc(-c3cccc(Cl)c3)o2)cc1. The third kappa shape index (κ3) is 4.28. The Bertz CT molecular complexity index is 901. The van der Waals surface area contributed by atoms with E-state index in [1.54, 1.807) is 43.5 Å². The van der Waals surface area contributed by atoms with Gasteiger partial charge in [0.25, 0.3) is 5.91 Å². The highest BCUT2D eigenvalue weighted by molar-refractivity contribution is 6.30. The van der Waals surface area contributed by atoms with Crippen molar-refractivity contribution in [2.24, 2.45) is 5.10 Å². The molecule has 0 unspecified atom stereocenters. The van der Waals surface area contributed by atoms with Crippen LogP contribution in [0.25, 0.3) is 11.3 Å². The largest absolute Gasteiger partial charge is 0.497 e. The number of rotatable bonds is 5. The normalized spacial score (nSPS) is 10.8. The molecular weight excluding hydrogens is 340 g/mol. The smallest absolute Gasteiger partial charge is 0.271 e. The minimum Gasteiger partial charge on any atom is -0.497 e. The van der Waals surface area contributed by atoms with Gasteiger partial charge in [0, 0.05) is 16.1 Å². The zero-order valence-corrected chi connectivity index (χ0v) is 14.2. The number of furan rings is 1. The summed E-state index contributed by atoms with van der Waals surface area (Å²) in [6.45, 7) is 0. The summed E-state index contributed by atoms with van der Waals surface area (Å²) in [6.07, 6.45) is 1.44. The number of nitrogens with one attached hydrogen (secondary N) is 1. The highest BCUT2D eigenvalue weighted by atomic mass is 35.5. The molecule has 0 saturated heterocycles. The molecule has 0 bridgehead atoms. The molecule has 25 heavy (non-hydrogen) atoms. The van der Waals surface area contributed by atoms with Gasteiger partial charge in [-0.05, 0) is 48.5 Å². The van der Waals surface area contributed by atoms with Crippen LogP contribution < -0.4 is 10.2 Å². The van der Waals surface area contributed by atoms with E-state index in [1.807, 2.05) is 24.3 Å². The Kier molecular flexibility index (Phi) is 5.16. The first-order chi connectivity index (χ1) is 12.2. The van der Waals surface area contributed by atoms with Gasteiger partial charge in [-0.1, -0.05) is 23.7 Å². The van der Waals surface area contributed by atoms with E-state index in [9.17, 15) is 4.79 Å². The second-order valence-corrected chi connectivity index (χ2v) is 5.58. The predicted molar refractivity (Wildman–Crippen MR) is 97.2 cm³/mol. The number of nitrogens with zero attached hydrogens (tertiary/aromatic N) is 1. The van der Waals surface area contributed by atoms with Crippen LogP contribution >= 0.6 is 11.6 Å². The summed E-state index contributed by atoms with van der Waals surface area (Å²) >= 11 is 5.97. The molecule has 0 aliphatic carbocycles. The van der Waals surface area contributed by atoms with Gasteiger partial charge in [-0.15, -0.1) is 0 Å². The van der Waals surface area contributed by atoms with E-state index >= 15 is 0 Å². The zero-order chi connectivity index (χ0) is 17.6. The number of hydrogen-bond donors (Lipinski definition) is 1. The summed E-state index contributed by atoms with van der Waals surface area (Å²) in [7, 11) is 1.57. The lowest BCUT2D eigenvalue weighted by Crippen LogP contribution is -2.17. The van der Waals surface area contributed by atoms with E-state index in [1.165, 1.54) is 6.21 Å². The Morgan fingerprint density at radius 2 is 1.96 bits per heavy atom. The van der Waals surface area contributed by atoms with Crippen molar-refractivity contribution in [2.45, 2.75) is 0 Å². The van der Waals surface area contributed by atoms with Crippen LogP contribution in [-0.2, 0) is 0 Å². The van der Waals surface area contributed by atoms with Crippen molar-refractivity contribution < 1.29 is 13.9 Å². The first kappa shape index (κ1) is 16.8. The fourth-order valence-corrected chi connectivity index (χ4v) is 2.37. The Balaban J connectivity index is 1.63. The van der Waals surface area contributed by atoms with E-state index in [-0.39, 0.29) is 5.91 Å². The maximum atomic E-state index is 12.0. The summed E-state index contributed by atoms with van der Waals surface area (Å²) in [5.74, 6) is 1.56. The molecule has 3 aromatic rings. The van der Waals surface area contributed by atoms with Crippen molar-refractivity contribution in [1.29, 1.82) is 0 Å². The van der Waals surface area contributed by atoms with Crippen LogP contribution in [0.1, 0.15) is 16.1 Å². The average molecular weight is 355 g/mol. The van der Waals surface area contributed by atoms with E-state index in [0.717, 1.165) is 5.56 Å². The maximum Gasteiger partial charge on any atom is 0.271 e. The molecule has 0 radical (unpaired) electrons. The third-order valence-corrected chi connectivity index (χ3v) is 3.68. The highest BCUT2D eigenvalue weighted by Gasteiger charge is 2.06. The van der Waals surface area contributed by atoms with Gasteiger partial charge in [0.05, 0.1) is 13.3 Å². The van der Waals surface area contributed by atoms with E-state index in [4.69, 9.17) is 20.8 Å². The number of benzene rings is 2. The number of amides is 1. The van der Waals surface area contributed by atoms with Crippen molar-refractivity contribution in [1.82, 2.24) is 5.43 Å². The fourth-order valence-electron chi connectivity index (χ4n) is 2.18. The molecule has 0 aliphatic rings. The number of carbonyl (C=O) groups is 1. The molecule has 1 heterocycles. The molecule has 3 rings (SSSR count). The molecule has 2 aromatic carbocycles. The van der Waals surface area contributed by atoms with Crippen LogP contribution in [0.15, 0.2) is 70.2 Å². The molecule has 0 aliphatic heterocycles. The van der Waals surface area contributed by atoms with E-state index < -0.39 is 0 Å². The molecule has 0 fully saturated rings. The van der Waals surface area contributed by atoms with Crippen LogP contribution in [0, 0.1) is 0 Å². The Morgan fingerprint density at radius 3 is 2.68 bits per heavy atom. The van der Waals surface area contributed by atoms with Crippen LogP contribution in [0.3, 0.4) is 0 Å². The summed E-state index contributed by atoms with van der Waals surface area (Å²) in [5, 5.41) is 4.54. The summed E-state index contributed by atoms with van der Waals surface area (Å²) < 4.78 is 10.7. The standard InChI is InChI=1S/C19H15ClN2O3/c1-24-16-7-5-13(6-8-16)19(23)22-21-12-17-9-10-18(25-17)14-3-2-4-15(20)11-14/h2-12H,1H3,(H,22,23). The van der Waals surface area contributed by atoms with Crippen LogP contribution in [0.4, 0.5) is 0 Å². The topological polar surface area (TPSA) is 63.8 Å². The predicted octanol–water partition coefficient (Wildman–Crippen LogP) is 4.37. The molecule has 0 saturated carbocycles. The molecule has 6 heteroatoms. The minimum atomic E-state index is -0.319. The Morgan fingerprint density at radius 1 is 1.16 bits per heavy atom. The van der Waals surface area contributed by atoms with Crippen molar-refractivity contribution in [3.8, 4) is 17.1 Å². The van der Waals surface area contributed by atoms with E-state index in [0.29, 0.717) is 27.9 Å². The molecule has 5 nitrogen and oxygen atoms in total. The van der Waals surface area contributed by atoms with Crippen LogP contribution in [0.2, 0.25) is 5.02 Å². The quantitative estimate of drug-likeness (QED) is 0.546. The molecule has 1 amide bonds. The van der Waals surface area contributed by atoms with Gasteiger partial charge < -0.3 is 9.15 Å². The Hall–Kier alpha value is -3.05. The molecule has 1 aromatic heterocycles. The molecular formula is C19H15ClN2O3. The van der Waals surface area contributed by atoms with Gasteiger partial charge >= 0.3 is 0 Å². The third-order valence-electron chi connectivity index (χ3n) is 3.45. The van der Waals surface area contributed by atoms with Gasteiger partial charge in [0.15, 0.2) is 0 Å². The number of methoxy groups -OCH3 is 1. The number of ether oxygens (including phenoxy) is 1. The average Bonchev–Trinajstić information content (AvgIpc) is 3.11. The minimum absolute atomic E-state index is 0.319. The first-order valence-corrected chi connectivity index (χ1v) is 7.87. The summed E-state index contributed by atoms with van der Waals surface area (Å²) in [5.41, 5.74) is 3.80. The van der Waals surface area contributed by atoms with Crippen molar-refractivity contribution in [3.63, 3.8) is 0 Å². The maximum absolute atomic E-state index is 12.0. The fraction of sp³-hybridized carbons (Fsp3) is 0.0526. The van der Waals surface area contributed by atoms with Gasteiger partial charge in [-0.25, -0.2) is 5.43 Å². The number of carbonyl (C=O) groups excluding carboxylic acids is 1. The van der Waals surface area contributed by atoms with Gasteiger partial charge in [-0.3, -0.25) is 4.79 Å². The summed E-state index contributed by atoms with van der Waals surface area (Å²) in [4.78, 5) is 12.0. The highest BCUT2D eigenvalue weighted by Crippen LogP contribution is 2.24. The second kappa shape index (κ2) is 7.68. The lowest BCUT2D eigenvalue weighted by Gasteiger charge is -2.01. The molecule has 0 spiro atoms. The van der Waals surface area contributed by atoms with Crippen molar-refractivity contribution in [3.05, 3.63) is 77.0 Å². The number of hydrazone groups is 1. The molecule has 126 valence electrons. The summed E-state index contributed by atoms with van der Waals surface area (Å²) in [6, 6.07) is 17.7. The monoisotopic (exact) mass is 354 g/mol. The van der Waals surface area contributed by atoms with E-state index in [2.05, 4.69) is 10.5 Å². The van der Waals surface area contributed by atoms with Crippen LogP contribution in [-0.4, -0.2) is 19.2 Å². The first-order valence-electron chi connectivity index (χ1n) is 7.49. The van der Waals surface area contributed by atoms with Gasteiger partial charge in [0.1, 0.15) is 17.3 Å². The lowest BCUT2D eigenvalue weighted by atomic mass is 10.2. The molecule has 1 N–H and O–H groups in total. The molecule has 0 atom stereocenters. The van der Waals surface area contributed by atoms with Gasteiger partial charge in [0.2, 0.25) is 0 Å².